The molecule has 1 aromatic rings. The topological polar surface area (TPSA) is 156 Å². The Morgan fingerprint density at radius 3 is 2.33 bits per heavy atom. The van der Waals surface area contributed by atoms with Crippen molar-refractivity contribution in [3.8, 4) is 11.8 Å². The van der Waals surface area contributed by atoms with Crippen LogP contribution in [0, 0.1) is 40.9 Å². The Kier molecular flexibility index (Phi) is 12.5. The molecule has 1 N–H and O–H groups in total. The van der Waals surface area contributed by atoms with Crippen LogP contribution in [-0.2, 0) is 38.1 Å². The van der Waals surface area contributed by atoms with E-state index < -0.39 is 76.8 Å². The molecule has 0 saturated carbocycles. The van der Waals surface area contributed by atoms with Gasteiger partial charge in [-0.1, -0.05) is 40.5 Å². The summed E-state index contributed by atoms with van der Waals surface area (Å²) in [4.78, 5) is 61.9. The number of hydrogen-bond acceptors (Lipinski definition) is 12. The van der Waals surface area contributed by atoms with Gasteiger partial charge in [-0.05, 0) is 73.9 Å². The molecule has 3 saturated heterocycles. The quantitative estimate of drug-likeness (QED) is 0.250. The monoisotopic (exact) mass is 715 g/mol. The molecule has 51 heavy (non-hydrogen) atoms. The number of alkyl carbamates (subject to hydrolysis) is 1. The number of rotatable bonds is 6. The van der Waals surface area contributed by atoms with Crippen molar-refractivity contribution in [1.29, 1.82) is 0 Å². The summed E-state index contributed by atoms with van der Waals surface area (Å²) in [6.45, 7) is 17.5. The number of esters is 1. The van der Waals surface area contributed by atoms with Crippen LogP contribution < -0.4 is 5.32 Å². The number of Topliss-reactive ketones (excluding diaryl/α,β-unsaturated/α-hetero) is 2. The molecule has 0 bridgehead atoms. The maximum Gasteiger partial charge on any atom is 0.408 e. The van der Waals surface area contributed by atoms with Crippen LogP contribution in [0.5, 0.6) is 0 Å². The minimum absolute atomic E-state index is 0.105. The average Bonchev–Trinajstić information content (AvgIpc) is 3.70. The Labute approximate surface area is 302 Å². The smallest absolute Gasteiger partial charge is 0.408 e. The van der Waals surface area contributed by atoms with Gasteiger partial charge < -0.3 is 38.3 Å². The van der Waals surface area contributed by atoms with Gasteiger partial charge in [0.25, 0.3) is 5.89 Å². The standard InChI is InChI=1S/C38H57N3O10/c1-13-27-38(10)30(40-35(45)51-38)24(5)29(42)21(2)20-37(9,47-17-14-15-28-39-16-18-46-28)32(25(6)31(43)36(7,8)34(44)49-27)50-33-23(4)26(41(11)12)19-22(3)48-33/h16,18,21-27,30,32-33H,13,17,19-20H2,1-12H3,(H,40,45)/t21-,22-,23-,24+,25+,26+,27-,30-,32-,33+,37+,38-/m1/s1. The Hall–Kier alpha value is -3.31. The fourth-order valence-electron chi connectivity index (χ4n) is 8.23. The lowest BCUT2D eigenvalue weighted by Crippen LogP contribution is -2.60. The highest BCUT2D eigenvalue weighted by molar-refractivity contribution is 6.04. The number of nitrogens with zero attached hydrogens (tertiary/aromatic N) is 2. The van der Waals surface area contributed by atoms with Crippen molar-refractivity contribution in [2.24, 2.45) is 29.1 Å². The molecule has 4 heterocycles. The van der Waals surface area contributed by atoms with E-state index in [-0.39, 0.29) is 49.2 Å². The third-order valence-electron chi connectivity index (χ3n) is 11.2. The molecule has 0 aliphatic carbocycles. The highest BCUT2D eigenvalue weighted by atomic mass is 16.7. The largest absolute Gasteiger partial charge is 0.457 e. The number of hydrogen-bond donors (Lipinski definition) is 1. The number of aromatic nitrogens is 1. The molecule has 0 radical (unpaired) electrons. The summed E-state index contributed by atoms with van der Waals surface area (Å²) < 4.78 is 37.0. The molecule has 12 atom stereocenters. The fraction of sp³-hybridized carbons (Fsp3) is 0.763. The number of fused-ring (bicyclic) bond motifs is 1. The molecule has 0 unspecified atom stereocenters. The van der Waals surface area contributed by atoms with Crippen molar-refractivity contribution in [2.45, 2.75) is 136 Å². The van der Waals surface area contributed by atoms with Crippen LogP contribution in [0.2, 0.25) is 0 Å². The summed E-state index contributed by atoms with van der Waals surface area (Å²) in [6, 6.07) is -0.691. The van der Waals surface area contributed by atoms with Gasteiger partial charge in [0.1, 0.15) is 30.2 Å². The average molecular weight is 716 g/mol. The van der Waals surface area contributed by atoms with Gasteiger partial charge >= 0.3 is 12.1 Å². The number of nitrogens with one attached hydrogen (secondary N) is 1. The zero-order valence-electron chi connectivity index (χ0n) is 32.2. The molecule has 13 nitrogen and oxygen atoms in total. The predicted octanol–water partition coefficient (Wildman–Crippen LogP) is 4.55. The van der Waals surface area contributed by atoms with Gasteiger partial charge in [0, 0.05) is 29.7 Å². The van der Waals surface area contributed by atoms with E-state index in [0.717, 1.165) is 6.42 Å². The number of amides is 1. The molecule has 1 amide bonds. The van der Waals surface area contributed by atoms with Crippen molar-refractivity contribution in [2.75, 3.05) is 20.7 Å². The van der Waals surface area contributed by atoms with Crippen molar-refractivity contribution in [3.05, 3.63) is 18.4 Å². The first-order chi connectivity index (χ1) is 23.8. The number of oxazole rings is 1. The second-order valence-corrected chi connectivity index (χ2v) is 15.8. The lowest BCUT2D eigenvalue weighted by Gasteiger charge is -2.48. The van der Waals surface area contributed by atoms with Gasteiger partial charge in [0.05, 0.1) is 30.0 Å². The molecular weight excluding hydrogens is 658 g/mol. The second-order valence-electron chi connectivity index (χ2n) is 15.8. The molecule has 0 aromatic carbocycles. The van der Waals surface area contributed by atoms with E-state index in [1.165, 1.54) is 26.3 Å². The number of cyclic esters (lactones) is 1. The molecule has 13 heteroatoms. The summed E-state index contributed by atoms with van der Waals surface area (Å²) in [7, 11) is 4.03. The number of ketones is 2. The van der Waals surface area contributed by atoms with E-state index in [4.69, 9.17) is 28.1 Å². The van der Waals surface area contributed by atoms with Crippen molar-refractivity contribution < 1.29 is 47.3 Å². The number of ether oxygens (including phenoxy) is 5. The van der Waals surface area contributed by atoms with Gasteiger partial charge in [-0.15, -0.1) is 0 Å². The third kappa shape index (κ3) is 8.35. The Morgan fingerprint density at radius 2 is 1.73 bits per heavy atom. The van der Waals surface area contributed by atoms with Crippen molar-refractivity contribution in [3.63, 3.8) is 0 Å². The number of carbonyl (C=O) groups excluding carboxylic acids is 4. The van der Waals surface area contributed by atoms with Crippen LogP contribution in [0.3, 0.4) is 0 Å². The Morgan fingerprint density at radius 1 is 1.04 bits per heavy atom. The van der Waals surface area contributed by atoms with E-state index in [1.54, 1.807) is 41.5 Å². The second kappa shape index (κ2) is 15.7. The van der Waals surface area contributed by atoms with Gasteiger partial charge in [-0.25, -0.2) is 9.78 Å². The van der Waals surface area contributed by atoms with Crippen molar-refractivity contribution in [1.82, 2.24) is 15.2 Å². The van der Waals surface area contributed by atoms with Crippen LogP contribution in [0.25, 0.3) is 0 Å². The SMILES string of the molecule is CC[C@H]1OC(=O)C(C)(C)C(=O)[C@H](C)[C@@H](O[C@@H]2O[C@H](C)C[C@H](N(C)C)[C@H]2C)[C@@](C)(OCC#Cc2ncco2)C[C@@H](C)C(=O)[C@H](C)[C@H]2NC(=O)O[C@@]21C. The maximum absolute atomic E-state index is 14.6. The van der Waals surface area contributed by atoms with E-state index in [0.29, 0.717) is 0 Å². The Bertz CT molecular complexity index is 1480. The molecule has 0 spiro atoms. The van der Waals surface area contributed by atoms with Crippen LogP contribution in [-0.4, -0.2) is 102 Å². The highest BCUT2D eigenvalue weighted by Crippen LogP contribution is 2.42. The van der Waals surface area contributed by atoms with E-state index in [2.05, 4.69) is 27.0 Å². The summed E-state index contributed by atoms with van der Waals surface area (Å²) in [6.07, 6.45) is 0.559. The molecule has 1 aromatic heterocycles. The zero-order valence-corrected chi connectivity index (χ0v) is 32.2. The van der Waals surface area contributed by atoms with Crippen LogP contribution in [0.4, 0.5) is 4.79 Å². The van der Waals surface area contributed by atoms with Gasteiger partial charge in [0.15, 0.2) is 17.7 Å². The maximum atomic E-state index is 14.6. The first-order valence-corrected chi connectivity index (χ1v) is 18.0. The Balaban J connectivity index is 1.84. The zero-order chi connectivity index (χ0) is 38.1. The van der Waals surface area contributed by atoms with Gasteiger partial charge in [0.2, 0.25) is 0 Å². The summed E-state index contributed by atoms with van der Waals surface area (Å²) in [5, 5.41) is 2.80. The lowest BCUT2D eigenvalue weighted by atomic mass is 9.71. The number of carbonyl (C=O) groups is 4. The van der Waals surface area contributed by atoms with Gasteiger partial charge in [-0.2, -0.15) is 0 Å². The molecule has 4 rings (SSSR count). The highest BCUT2D eigenvalue weighted by Gasteiger charge is 2.58. The summed E-state index contributed by atoms with van der Waals surface area (Å²) in [5.41, 5.74) is -4.33. The third-order valence-corrected chi connectivity index (χ3v) is 11.2. The lowest BCUT2D eigenvalue weighted by molar-refractivity contribution is -0.282. The molecule has 284 valence electrons. The van der Waals surface area contributed by atoms with E-state index in [1.807, 2.05) is 27.9 Å². The molecule has 3 aliphatic heterocycles. The minimum Gasteiger partial charge on any atom is -0.457 e. The van der Waals surface area contributed by atoms with Crippen LogP contribution >= 0.6 is 0 Å². The van der Waals surface area contributed by atoms with Crippen LogP contribution in [0.15, 0.2) is 16.9 Å². The normalized spacial score (nSPS) is 39.2. The molecule has 3 aliphatic rings. The molecule has 3 fully saturated rings. The first-order valence-electron chi connectivity index (χ1n) is 18.0. The fourth-order valence-corrected chi connectivity index (χ4v) is 8.23. The van der Waals surface area contributed by atoms with Crippen LogP contribution in [0.1, 0.15) is 94.4 Å². The first kappa shape index (κ1) is 40.5. The van der Waals surface area contributed by atoms with E-state index in [9.17, 15) is 19.2 Å². The minimum atomic E-state index is -1.64. The van der Waals surface area contributed by atoms with Crippen molar-refractivity contribution >= 4 is 23.6 Å². The predicted molar refractivity (Wildman–Crippen MR) is 186 cm³/mol. The van der Waals surface area contributed by atoms with Gasteiger partial charge in [-0.3, -0.25) is 14.4 Å². The molecular formula is C38H57N3O10. The summed E-state index contributed by atoms with van der Waals surface area (Å²) in [5.74, 6) is 2.15. The van der Waals surface area contributed by atoms with E-state index >= 15 is 0 Å². The summed E-state index contributed by atoms with van der Waals surface area (Å²) >= 11 is 0.